The number of rotatable bonds is 1. The van der Waals surface area contributed by atoms with E-state index in [4.69, 9.17) is 5.26 Å². The van der Waals surface area contributed by atoms with E-state index < -0.39 is 0 Å². The summed E-state index contributed by atoms with van der Waals surface area (Å²) in [5.41, 5.74) is 0.450. The van der Waals surface area contributed by atoms with Crippen molar-refractivity contribution < 1.29 is 0 Å². The average Bonchev–Trinajstić information content (AvgIpc) is 2.30. The predicted octanol–water partition coefficient (Wildman–Crippen LogP) is 2.10. The molecular formula is C7H8BrN3. The normalized spacial score (nSPS) is 10.1. The summed E-state index contributed by atoms with van der Waals surface area (Å²) in [5, 5.41) is 8.51. The first kappa shape index (κ1) is 8.28. The molecule has 0 unspecified atom stereocenters. The highest BCUT2D eigenvalue weighted by molar-refractivity contribution is 9.10. The Labute approximate surface area is 73.8 Å². The first-order valence-electron chi connectivity index (χ1n) is 3.29. The molecule has 0 bridgehead atoms. The van der Waals surface area contributed by atoms with Crippen molar-refractivity contribution in [3.8, 4) is 6.07 Å². The van der Waals surface area contributed by atoms with E-state index in [1.54, 1.807) is 6.20 Å². The van der Waals surface area contributed by atoms with E-state index in [1.165, 1.54) is 0 Å². The van der Waals surface area contributed by atoms with Crippen LogP contribution in [-0.4, -0.2) is 9.55 Å². The van der Waals surface area contributed by atoms with Gasteiger partial charge in [-0.25, -0.2) is 4.98 Å². The van der Waals surface area contributed by atoms with Crippen LogP contribution in [0.25, 0.3) is 0 Å². The maximum absolute atomic E-state index is 8.51. The van der Waals surface area contributed by atoms with Crippen molar-refractivity contribution in [3.63, 3.8) is 0 Å². The van der Waals surface area contributed by atoms with Gasteiger partial charge in [-0.2, -0.15) is 5.26 Å². The minimum atomic E-state index is 0.332. The van der Waals surface area contributed by atoms with E-state index >= 15 is 0 Å². The van der Waals surface area contributed by atoms with Crippen molar-refractivity contribution in [1.29, 1.82) is 5.26 Å². The molecule has 0 radical (unpaired) electrons. The van der Waals surface area contributed by atoms with Crippen molar-refractivity contribution >= 4 is 15.9 Å². The lowest BCUT2D eigenvalue weighted by atomic mass is 10.4. The fourth-order valence-electron chi connectivity index (χ4n) is 0.787. The fraction of sp³-hybridized carbons (Fsp3) is 0.429. The Morgan fingerprint density at radius 2 is 2.36 bits per heavy atom. The summed E-state index contributed by atoms with van der Waals surface area (Å²) < 4.78 is 2.61. The molecule has 0 amide bonds. The third-order valence-corrected chi connectivity index (χ3v) is 1.94. The van der Waals surface area contributed by atoms with Crippen LogP contribution in [0.3, 0.4) is 0 Å². The number of hydrogen-bond acceptors (Lipinski definition) is 2. The lowest BCUT2D eigenvalue weighted by molar-refractivity contribution is 0.587. The van der Waals surface area contributed by atoms with Gasteiger partial charge in [0.25, 0.3) is 0 Å². The van der Waals surface area contributed by atoms with Crippen molar-refractivity contribution in [2.24, 2.45) is 0 Å². The topological polar surface area (TPSA) is 41.6 Å². The summed E-state index contributed by atoms with van der Waals surface area (Å²) in [5.74, 6) is 0. The Kier molecular flexibility index (Phi) is 2.30. The summed E-state index contributed by atoms with van der Waals surface area (Å²) in [6.07, 6.45) is 1.73. The standard InChI is InChI=1S/C7H8BrN3/c1-5(2)11-4-6(3-9)10-7(11)8/h4-5H,1-2H3. The van der Waals surface area contributed by atoms with Gasteiger partial charge in [0.2, 0.25) is 0 Å². The Bertz CT molecular complexity index is 295. The van der Waals surface area contributed by atoms with Crippen molar-refractivity contribution in [2.75, 3.05) is 0 Å². The molecule has 0 N–H and O–H groups in total. The van der Waals surface area contributed by atoms with Gasteiger partial charge in [0.05, 0.1) is 0 Å². The second-order valence-electron chi connectivity index (χ2n) is 2.51. The molecule has 11 heavy (non-hydrogen) atoms. The van der Waals surface area contributed by atoms with Crippen LogP contribution in [0.1, 0.15) is 25.6 Å². The van der Waals surface area contributed by atoms with Gasteiger partial charge < -0.3 is 4.57 Å². The third kappa shape index (κ3) is 1.60. The van der Waals surface area contributed by atoms with Crippen LogP contribution >= 0.6 is 15.9 Å². The van der Waals surface area contributed by atoms with E-state index in [-0.39, 0.29) is 0 Å². The zero-order valence-corrected chi connectivity index (χ0v) is 7.96. The molecule has 1 rings (SSSR count). The molecule has 0 saturated heterocycles. The monoisotopic (exact) mass is 213 g/mol. The van der Waals surface area contributed by atoms with E-state index in [9.17, 15) is 0 Å². The maximum Gasteiger partial charge on any atom is 0.178 e. The van der Waals surface area contributed by atoms with Gasteiger partial charge in [0, 0.05) is 12.2 Å². The van der Waals surface area contributed by atoms with Crippen molar-refractivity contribution in [3.05, 3.63) is 16.6 Å². The molecule has 58 valence electrons. The molecular weight excluding hydrogens is 206 g/mol. The SMILES string of the molecule is CC(C)n1cc(C#N)nc1Br. The molecule has 0 aliphatic carbocycles. The molecule has 0 aliphatic rings. The van der Waals surface area contributed by atoms with Crippen LogP contribution in [0.15, 0.2) is 10.9 Å². The number of imidazole rings is 1. The number of hydrogen-bond donors (Lipinski definition) is 0. The van der Waals surface area contributed by atoms with Crippen LogP contribution in [0.4, 0.5) is 0 Å². The van der Waals surface area contributed by atoms with E-state index in [2.05, 4.69) is 20.9 Å². The lowest BCUT2D eigenvalue weighted by Gasteiger charge is -2.05. The maximum atomic E-state index is 8.51. The summed E-state index contributed by atoms with van der Waals surface area (Å²) in [4.78, 5) is 3.97. The van der Waals surface area contributed by atoms with E-state index in [0.29, 0.717) is 16.5 Å². The van der Waals surface area contributed by atoms with Gasteiger partial charge in [0.15, 0.2) is 10.4 Å². The largest absolute Gasteiger partial charge is 0.322 e. The minimum absolute atomic E-state index is 0.332. The van der Waals surface area contributed by atoms with Gasteiger partial charge in [-0.15, -0.1) is 0 Å². The quantitative estimate of drug-likeness (QED) is 0.718. The van der Waals surface area contributed by atoms with Gasteiger partial charge in [0.1, 0.15) is 6.07 Å². The van der Waals surface area contributed by atoms with Crippen molar-refractivity contribution in [2.45, 2.75) is 19.9 Å². The number of nitriles is 1. The Morgan fingerprint density at radius 3 is 2.64 bits per heavy atom. The van der Waals surface area contributed by atoms with E-state index in [0.717, 1.165) is 0 Å². The minimum Gasteiger partial charge on any atom is -0.322 e. The highest BCUT2D eigenvalue weighted by Gasteiger charge is 2.06. The molecule has 0 fully saturated rings. The molecule has 0 aliphatic heterocycles. The Morgan fingerprint density at radius 1 is 1.73 bits per heavy atom. The molecule has 0 spiro atoms. The number of nitrogens with zero attached hydrogens (tertiary/aromatic N) is 3. The molecule has 0 saturated carbocycles. The fourth-order valence-corrected chi connectivity index (χ4v) is 1.49. The summed E-state index contributed by atoms with van der Waals surface area (Å²) in [6, 6.07) is 2.31. The third-order valence-electron chi connectivity index (χ3n) is 1.36. The lowest BCUT2D eigenvalue weighted by Crippen LogP contribution is -1.98. The zero-order chi connectivity index (χ0) is 8.43. The van der Waals surface area contributed by atoms with Gasteiger partial charge in [-0.1, -0.05) is 0 Å². The van der Waals surface area contributed by atoms with Gasteiger partial charge in [-0.05, 0) is 29.8 Å². The summed E-state index contributed by atoms with van der Waals surface area (Å²) in [6.45, 7) is 4.07. The zero-order valence-electron chi connectivity index (χ0n) is 6.37. The average molecular weight is 214 g/mol. The van der Waals surface area contributed by atoms with E-state index in [1.807, 2.05) is 24.5 Å². The van der Waals surface area contributed by atoms with Crippen molar-refractivity contribution in [1.82, 2.24) is 9.55 Å². The molecule has 1 aromatic heterocycles. The molecule has 0 aromatic carbocycles. The molecule has 1 heterocycles. The second kappa shape index (κ2) is 3.05. The molecule has 4 heteroatoms. The number of halogens is 1. The highest BCUT2D eigenvalue weighted by atomic mass is 79.9. The Hall–Kier alpha value is -0.820. The smallest absolute Gasteiger partial charge is 0.178 e. The first-order chi connectivity index (χ1) is 5.15. The highest BCUT2D eigenvalue weighted by Crippen LogP contribution is 2.15. The summed E-state index contributed by atoms with van der Waals surface area (Å²) >= 11 is 3.26. The molecule has 0 atom stereocenters. The van der Waals surface area contributed by atoms with Crippen LogP contribution in [0, 0.1) is 11.3 Å². The Balaban J connectivity index is 3.09. The molecule has 3 nitrogen and oxygen atoms in total. The van der Waals surface area contributed by atoms with Crippen LogP contribution in [0.2, 0.25) is 0 Å². The first-order valence-corrected chi connectivity index (χ1v) is 4.09. The van der Waals surface area contributed by atoms with Crippen LogP contribution in [0.5, 0.6) is 0 Å². The van der Waals surface area contributed by atoms with Gasteiger partial charge >= 0.3 is 0 Å². The predicted molar refractivity (Wildman–Crippen MR) is 45.0 cm³/mol. The molecule has 1 aromatic rings. The summed E-state index contributed by atoms with van der Waals surface area (Å²) in [7, 11) is 0. The van der Waals surface area contributed by atoms with Gasteiger partial charge in [-0.3, -0.25) is 0 Å². The second-order valence-corrected chi connectivity index (χ2v) is 3.22. The van der Waals surface area contributed by atoms with Crippen LogP contribution < -0.4 is 0 Å². The van der Waals surface area contributed by atoms with Crippen LogP contribution in [-0.2, 0) is 0 Å². The number of aromatic nitrogens is 2.